The zero-order chi connectivity index (χ0) is 13.1. The third kappa shape index (κ3) is 2.61. The lowest BCUT2D eigenvalue weighted by Crippen LogP contribution is -2.39. The lowest BCUT2D eigenvalue weighted by molar-refractivity contribution is 0.0680. The van der Waals surface area contributed by atoms with Crippen LogP contribution < -0.4 is 5.56 Å². The summed E-state index contributed by atoms with van der Waals surface area (Å²) in [5.41, 5.74) is -0.180. The van der Waals surface area contributed by atoms with E-state index in [-0.39, 0.29) is 23.1 Å². The van der Waals surface area contributed by atoms with E-state index in [2.05, 4.69) is 4.98 Å². The van der Waals surface area contributed by atoms with Gasteiger partial charge in [0.25, 0.3) is 11.5 Å². The first-order chi connectivity index (χ1) is 8.59. The molecule has 0 aromatic carbocycles. The number of rotatable bonds is 3. The zero-order valence-electron chi connectivity index (χ0n) is 10.4. The first-order valence-corrected chi connectivity index (χ1v) is 6.26. The van der Waals surface area contributed by atoms with E-state index in [1.165, 1.54) is 6.20 Å². The van der Waals surface area contributed by atoms with Crippen molar-refractivity contribution in [3.8, 4) is 0 Å². The van der Waals surface area contributed by atoms with Gasteiger partial charge in [0.05, 0.1) is 6.10 Å². The Kier molecular flexibility index (Phi) is 3.81. The standard InChI is InChI=1S/C13H18N2O3/c1-9(16)8-10-4-3-7-15(10)13(18)11-5-2-6-14-12(11)17/h2,5-6,9-10,16H,3-4,7-8H2,1H3,(H,14,17). The fraction of sp³-hybridized carbons (Fsp3) is 0.538. The number of aliphatic hydroxyl groups excluding tert-OH is 1. The molecule has 1 fully saturated rings. The van der Waals surface area contributed by atoms with Crippen molar-refractivity contribution < 1.29 is 9.90 Å². The van der Waals surface area contributed by atoms with Gasteiger partial charge in [-0.2, -0.15) is 0 Å². The molecule has 18 heavy (non-hydrogen) atoms. The van der Waals surface area contributed by atoms with Crippen molar-refractivity contribution >= 4 is 5.91 Å². The van der Waals surface area contributed by atoms with Crippen LogP contribution >= 0.6 is 0 Å². The van der Waals surface area contributed by atoms with Crippen LogP contribution in [0.15, 0.2) is 23.1 Å². The number of likely N-dealkylation sites (tertiary alicyclic amines) is 1. The minimum Gasteiger partial charge on any atom is -0.393 e. The van der Waals surface area contributed by atoms with Crippen molar-refractivity contribution in [1.29, 1.82) is 0 Å². The second-order valence-electron chi connectivity index (χ2n) is 4.79. The van der Waals surface area contributed by atoms with Gasteiger partial charge in [-0.3, -0.25) is 9.59 Å². The number of aromatic amines is 1. The number of pyridine rings is 1. The predicted molar refractivity (Wildman–Crippen MR) is 67.4 cm³/mol. The number of nitrogens with one attached hydrogen (secondary N) is 1. The summed E-state index contributed by atoms with van der Waals surface area (Å²) in [6, 6.07) is 3.23. The smallest absolute Gasteiger partial charge is 0.260 e. The maximum absolute atomic E-state index is 12.3. The van der Waals surface area contributed by atoms with Crippen molar-refractivity contribution in [2.24, 2.45) is 0 Å². The minimum atomic E-state index is -0.433. The molecule has 2 atom stereocenters. The van der Waals surface area contributed by atoms with Crippen molar-refractivity contribution in [2.45, 2.75) is 38.3 Å². The Balaban J connectivity index is 2.18. The topological polar surface area (TPSA) is 73.4 Å². The third-order valence-electron chi connectivity index (χ3n) is 3.30. The molecule has 0 spiro atoms. The molecule has 1 aliphatic heterocycles. The summed E-state index contributed by atoms with van der Waals surface area (Å²) in [6.45, 7) is 2.38. The fourth-order valence-corrected chi connectivity index (χ4v) is 2.49. The highest BCUT2D eigenvalue weighted by Crippen LogP contribution is 2.22. The lowest BCUT2D eigenvalue weighted by Gasteiger charge is -2.25. The Hall–Kier alpha value is -1.62. The van der Waals surface area contributed by atoms with E-state index in [4.69, 9.17) is 0 Å². The van der Waals surface area contributed by atoms with Crippen LogP contribution in [0.1, 0.15) is 36.5 Å². The SMILES string of the molecule is CC(O)CC1CCCN1C(=O)c1ccc[nH]c1=O. The van der Waals surface area contributed by atoms with Gasteiger partial charge >= 0.3 is 0 Å². The van der Waals surface area contributed by atoms with Crippen LogP contribution in [0.3, 0.4) is 0 Å². The number of H-pyrrole nitrogens is 1. The van der Waals surface area contributed by atoms with Gasteiger partial charge in [0.15, 0.2) is 0 Å². The van der Waals surface area contributed by atoms with E-state index in [0.717, 1.165) is 12.8 Å². The van der Waals surface area contributed by atoms with E-state index in [1.807, 2.05) is 0 Å². The Labute approximate surface area is 105 Å². The van der Waals surface area contributed by atoms with Crippen molar-refractivity contribution in [1.82, 2.24) is 9.88 Å². The molecule has 98 valence electrons. The second kappa shape index (κ2) is 5.35. The average molecular weight is 250 g/mol. The Morgan fingerprint density at radius 3 is 3.11 bits per heavy atom. The van der Waals surface area contributed by atoms with Gasteiger partial charge < -0.3 is 15.0 Å². The van der Waals surface area contributed by atoms with Crippen LogP contribution in [0.4, 0.5) is 0 Å². The highest BCUT2D eigenvalue weighted by Gasteiger charge is 2.31. The van der Waals surface area contributed by atoms with Gasteiger partial charge in [-0.25, -0.2) is 0 Å². The van der Waals surface area contributed by atoms with Crippen molar-refractivity contribution in [3.05, 3.63) is 34.2 Å². The molecule has 2 heterocycles. The molecule has 2 rings (SSSR count). The molecule has 1 saturated heterocycles. The molecule has 2 unspecified atom stereocenters. The number of hydrogen-bond acceptors (Lipinski definition) is 3. The molecule has 1 aliphatic rings. The summed E-state index contributed by atoms with van der Waals surface area (Å²) in [5, 5.41) is 9.43. The molecular formula is C13H18N2O3. The van der Waals surface area contributed by atoms with Gasteiger partial charge in [-0.15, -0.1) is 0 Å². The molecule has 1 aromatic heterocycles. The number of carbonyl (C=O) groups excluding carboxylic acids is 1. The summed E-state index contributed by atoms with van der Waals surface area (Å²) in [7, 11) is 0. The number of hydrogen-bond donors (Lipinski definition) is 2. The average Bonchev–Trinajstić information content (AvgIpc) is 2.76. The van der Waals surface area contributed by atoms with E-state index in [0.29, 0.717) is 13.0 Å². The van der Waals surface area contributed by atoms with Gasteiger partial charge in [-0.05, 0) is 38.3 Å². The first kappa shape index (κ1) is 12.8. The zero-order valence-corrected chi connectivity index (χ0v) is 10.4. The number of carbonyl (C=O) groups is 1. The highest BCUT2D eigenvalue weighted by atomic mass is 16.3. The number of amides is 1. The monoisotopic (exact) mass is 250 g/mol. The molecule has 2 N–H and O–H groups in total. The minimum absolute atomic E-state index is 0.0390. The second-order valence-corrected chi connectivity index (χ2v) is 4.79. The molecule has 5 nitrogen and oxygen atoms in total. The van der Waals surface area contributed by atoms with Crippen LogP contribution in [0.25, 0.3) is 0 Å². The third-order valence-corrected chi connectivity index (χ3v) is 3.30. The van der Waals surface area contributed by atoms with Crippen LogP contribution in [0.5, 0.6) is 0 Å². The lowest BCUT2D eigenvalue weighted by atomic mass is 10.1. The number of aliphatic hydroxyl groups is 1. The summed E-state index contributed by atoms with van der Waals surface area (Å²) in [6.07, 6.45) is 3.46. The number of aromatic nitrogens is 1. The van der Waals surface area contributed by atoms with Crippen LogP contribution in [0, 0.1) is 0 Å². The summed E-state index contributed by atoms with van der Waals surface area (Å²) < 4.78 is 0. The van der Waals surface area contributed by atoms with E-state index < -0.39 is 6.10 Å². The van der Waals surface area contributed by atoms with E-state index in [9.17, 15) is 14.7 Å². The molecule has 5 heteroatoms. The Bertz CT molecular complexity index is 481. The largest absolute Gasteiger partial charge is 0.393 e. The molecule has 1 amide bonds. The van der Waals surface area contributed by atoms with Gasteiger partial charge in [-0.1, -0.05) is 0 Å². The fourth-order valence-electron chi connectivity index (χ4n) is 2.49. The Morgan fingerprint density at radius 2 is 2.44 bits per heavy atom. The van der Waals surface area contributed by atoms with Crippen molar-refractivity contribution in [3.63, 3.8) is 0 Å². The molecule has 1 aromatic rings. The van der Waals surface area contributed by atoms with E-state index >= 15 is 0 Å². The molecule has 0 radical (unpaired) electrons. The molecule has 0 bridgehead atoms. The van der Waals surface area contributed by atoms with Crippen LogP contribution in [-0.4, -0.2) is 39.6 Å². The van der Waals surface area contributed by atoms with Crippen LogP contribution in [0.2, 0.25) is 0 Å². The van der Waals surface area contributed by atoms with Gasteiger partial charge in [0.1, 0.15) is 5.56 Å². The van der Waals surface area contributed by atoms with E-state index in [1.54, 1.807) is 24.0 Å². The maximum Gasteiger partial charge on any atom is 0.260 e. The Morgan fingerprint density at radius 1 is 1.67 bits per heavy atom. The highest BCUT2D eigenvalue weighted by molar-refractivity contribution is 5.94. The van der Waals surface area contributed by atoms with Gasteiger partial charge in [0, 0.05) is 18.8 Å². The molecule has 0 aliphatic carbocycles. The first-order valence-electron chi connectivity index (χ1n) is 6.26. The maximum atomic E-state index is 12.3. The summed E-state index contributed by atoms with van der Waals surface area (Å²) >= 11 is 0. The molecule has 0 saturated carbocycles. The summed E-state index contributed by atoms with van der Waals surface area (Å²) in [5.74, 6) is -0.236. The predicted octanol–water partition coefficient (Wildman–Crippen LogP) is 0.750. The van der Waals surface area contributed by atoms with Crippen LogP contribution in [-0.2, 0) is 0 Å². The molecular weight excluding hydrogens is 232 g/mol. The number of nitrogens with zero attached hydrogens (tertiary/aromatic N) is 1. The normalized spacial score (nSPS) is 21.0. The van der Waals surface area contributed by atoms with Gasteiger partial charge in [0.2, 0.25) is 0 Å². The summed E-state index contributed by atoms with van der Waals surface area (Å²) in [4.78, 5) is 28.1. The quantitative estimate of drug-likeness (QED) is 0.831. The van der Waals surface area contributed by atoms with Crippen molar-refractivity contribution in [2.75, 3.05) is 6.54 Å².